The maximum Gasteiger partial charge on any atom is 0.227 e. The summed E-state index contributed by atoms with van der Waals surface area (Å²) in [6, 6.07) is 11.6. The van der Waals surface area contributed by atoms with E-state index < -0.39 is 0 Å². The molecule has 4 nitrogen and oxygen atoms in total. The number of carbonyl (C=O) groups excluding carboxylic acids is 1. The molecule has 4 heteroatoms. The van der Waals surface area contributed by atoms with Crippen LogP contribution in [0.3, 0.4) is 0 Å². The van der Waals surface area contributed by atoms with Gasteiger partial charge in [-0.3, -0.25) is 4.79 Å². The van der Waals surface area contributed by atoms with Gasteiger partial charge in [-0.25, -0.2) is 0 Å². The van der Waals surface area contributed by atoms with Gasteiger partial charge in [-0.2, -0.15) is 0 Å². The molecule has 1 N–H and O–H groups in total. The van der Waals surface area contributed by atoms with Crippen LogP contribution in [-0.4, -0.2) is 11.0 Å². The molecule has 1 aromatic carbocycles. The quantitative estimate of drug-likeness (QED) is 0.933. The van der Waals surface area contributed by atoms with Crippen molar-refractivity contribution >= 4 is 11.6 Å². The van der Waals surface area contributed by atoms with E-state index in [1.54, 1.807) is 11.0 Å². The van der Waals surface area contributed by atoms with Crippen LogP contribution < -0.4 is 4.90 Å². The molecule has 2 aromatic rings. The molecule has 20 heavy (non-hydrogen) atoms. The van der Waals surface area contributed by atoms with E-state index in [0.29, 0.717) is 24.5 Å². The second-order valence-electron chi connectivity index (χ2n) is 4.99. The first-order valence-corrected chi connectivity index (χ1v) is 6.84. The number of benzene rings is 1. The van der Waals surface area contributed by atoms with Crippen molar-refractivity contribution in [1.82, 2.24) is 0 Å². The van der Waals surface area contributed by atoms with Gasteiger partial charge in [-0.1, -0.05) is 18.2 Å². The number of rotatable bonds is 3. The molecule has 1 amide bonds. The number of hydrogen-bond acceptors (Lipinski definition) is 3. The molecule has 104 valence electrons. The Morgan fingerprint density at radius 2 is 1.90 bits per heavy atom. The molecular formula is C16H17NO3. The lowest BCUT2D eigenvalue weighted by Crippen LogP contribution is -2.29. The lowest BCUT2D eigenvalue weighted by molar-refractivity contribution is -0.118. The lowest BCUT2D eigenvalue weighted by Gasteiger charge is -2.21. The second kappa shape index (κ2) is 5.51. The number of fused-ring (bicyclic) bond motifs is 1. The molecule has 0 fully saturated rings. The Morgan fingerprint density at radius 1 is 1.10 bits per heavy atom. The number of hydrogen-bond donors (Lipinski definition) is 1. The van der Waals surface area contributed by atoms with Crippen LogP contribution in [0.1, 0.15) is 29.9 Å². The van der Waals surface area contributed by atoms with Gasteiger partial charge >= 0.3 is 0 Å². The van der Waals surface area contributed by atoms with E-state index in [1.807, 2.05) is 24.3 Å². The largest absolute Gasteiger partial charge is 0.462 e. The highest BCUT2D eigenvalue weighted by Gasteiger charge is 2.22. The van der Waals surface area contributed by atoms with Gasteiger partial charge < -0.3 is 14.4 Å². The molecule has 0 atom stereocenters. The Balaban J connectivity index is 1.91. The summed E-state index contributed by atoms with van der Waals surface area (Å²) in [5.41, 5.74) is 2.17. The summed E-state index contributed by atoms with van der Waals surface area (Å²) in [6.07, 6.45) is 2.37. The third-order valence-electron chi connectivity index (χ3n) is 3.61. The van der Waals surface area contributed by atoms with Crippen LogP contribution in [0.2, 0.25) is 0 Å². The lowest BCUT2D eigenvalue weighted by atomic mass is 10.1. The average molecular weight is 271 g/mol. The summed E-state index contributed by atoms with van der Waals surface area (Å²) >= 11 is 0. The van der Waals surface area contributed by atoms with E-state index >= 15 is 0 Å². The molecule has 1 aliphatic rings. The molecule has 0 radical (unpaired) electrons. The minimum atomic E-state index is -0.121. The van der Waals surface area contributed by atoms with E-state index in [2.05, 4.69) is 6.07 Å². The zero-order chi connectivity index (χ0) is 13.9. The normalized spacial score (nSPS) is 15.1. The summed E-state index contributed by atoms with van der Waals surface area (Å²) in [4.78, 5) is 14.1. The Hall–Kier alpha value is -2.07. The Labute approximate surface area is 117 Å². The second-order valence-corrected chi connectivity index (χ2v) is 4.99. The fraction of sp³-hybridized carbons (Fsp3) is 0.312. The fourth-order valence-corrected chi connectivity index (χ4v) is 2.61. The highest BCUT2D eigenvalue weighted by Crippen LogP contribution is 2.28. The standard InChI is InChI=1S/C16H17NO3/c18-11-14-9-8-13(20-14)10-17-15-6-2-1-4-12(15)5-3-7-16(17)19/h1-2,4,6,8-9,18H,3,5,7,10-11H2. The van der Waals surface area contributed by atoms with E-state index in [0.717, 1.165) is 18.5 Å². The number of nitrogens with zero attached hydrogens (tertiary/aromatic N) is 1. The highest BCUT2D eigenvalue weighted by atomic mass is 16.4. The van der Waals surface area contributed by atoms with Crippen LogP contribution in [0.5, 0.6) is 0 Å². The molecule has 1 aliphatic heterocycles. The van der Waals surface area contributed by atoms with Gasteiger partial charge in [-0.15, -0.1) is 0 Å². The Morgan fingerprint density at radius 3 is 2.70 bits per heavy atom. The summed E-state index contributed by atoms with van der Waals surface area (Å²) < 4.78 is 5.50. The molecule has 2 heterocycles. The number of amides is 1. The van der Waals surface area contributed by atoms with Gasteiger partial charge in [-0.05, 0) is 36.6 Å². The van der Waals surface area contributed by atoms with Crippen LogP contribution >= 0.6 is 0 Å². The summed E-state index contributed by atoms with van der Waals surface area (Å²) in [5.74, 6) is 1.34. The van der Waals surface area contributed by atoms with E-state index in [4.69, 9.17) is 9.52 Å². The molecule has 0 unspecified atom stereocenters. The number of furan rings is 1. The van der Waals surface area contributed by atoms with Crippen molar-refractivity contribution in [3.8, 4) is 0 Å². The first-order chi connectivity index (χ1) is 9.78. The number of aliphatic hydroxyl groups is 1. The van der Waals surface area contributed by atoms with Gasteiger partial charge in [0.05, 0.1) is 6.54 Å². The van der Waals surface area contributed by atoms with Crippen molar-refractivity contribution in [2.75, 3.05) is 4.90 Å². The summed E-state index contributed by atoms with van der Waals surface area (Å²) in [6.45, 7) is 0.292. The van der Waals surface area contributed by atoms with E-state index in [1.165, 1.54) is 5.56 Å². The third-order valence-corrected chi connectivity index (χ3v) is 3.61. The summed E-state index contributed by atoms with van der Waals surface area (Å²) in [5, 5.41) is 9.04. The Bertz CT molecular complexity index is 618. The zero-order valence-electron chi connectivity index (χ0n) is 11.2. The van der Waals surface area contributed by atoms with Gasteiger partial charge in [0.1, 0.15) is 18.1 Å². The first-order valence-electron chi connectivity index (χ1n) is 6.84. The van der Waals surface area contributed by atoms with Gasteiger partial charge in [0.15, 0.2) is 0 Å². The molecule has 1 aromatic heterocycles. The predicted octanol–water partition coefficient (Wildman–Crippen LogP) is 2.64. The average Bonchev–Trinajstić information content (AvgIpc) is 2.87. The van der Waals surface area contributed by atoms with Gasteiger partial charge in [0, 0.05) is 12.1 Å². The smallest absolute Gasteiger partial charge is 0.227 e. The van der Waals surface area contributed by atoms with Crippen molar-refractivity contribution in [1.29, 1.82) is 0 Å². The molecular weight excluding hydrogens is 254 g/mol. The minimum absolute atomic E-state index is 0.121. The van der Waals surface area contributed by atoms with Crippen molar-refractivity contribution in [3.63, 3.8) is 0 Å². The monoisotopic (exact) mass is 271 g/mol. The molecule has 3 rings (SSSR count). The number of aryl methyl sites for hydroxylation is 1. The van der Waals surface area contributed by atoms with E-state index in [9.17, 15) is 4.79 Å². The van der Waals surface area contributed by atoms with Crippen molar-refractivity contribution in [3.05, 3.63) is 53.5 Å². The predicted molar refractivity (Wildman–Crippen MR) is 75.2 cm³/mol. The van der Waals surface area contributed by atoms with Gasteiger partial charge in [0.2, 0.25) is 5.91 Å². The van der Waals surface area contributed by atoms with Crippen LogP contribution in [-0.2, 0) is 24.4 Å². The molecule has 0 spiro atoms. The number of aliphatic hydroxyl groups excluding tert-OH is 1. The third kappa shape index (κ3) is 2.47. The fourth-order valence-electron chi connectivity index (χ4n) is 2.61. The number of anilines is 1. The first kappa shape index (κ1) is 12.9. The zero-order valence-corrected chi connectivity index (χ0v) is 11.2. The topological polar surface area (TPSA) is 53.7 Å². The van der Waals surface area contributed by atoms with Crippen LogP contribution in [0.4, 0.5) is 5.69 Å². The molecule has 0 saturated carbocycles. The van der Waals surface area contributed by atoms with Gasteiger partial charge in [0.25, 0.3) is 0 Å². The van der Waals surface area contributed by atoms with Crippen molar-refractivity contribution in [2.24, 2.45) is 0 Å². The Kier molecular flexibility index (Phi) is 3.56. The van der Waals surface area contributed by atoms with Crippen LogP contribution in [0, 0.1) is 0 Å². The number of para-hydroxylation sites is 1. The SMILES string of the molecule is O=C1CCCc2ccccc2N1Cc1ccc(CO)o1. The van der Waals surface area contributed by atoms with E-state index in [-0.39, 0.29) is 12.5 Å². The highest BCUT2D eigenvalue weighted by molar-refractivity contribution is 5.94. The van der Waals surface area contributed by atoms with Crippen LogP contribution in [0.25, 0.3) is 0 Å². The number of carbonyl (C=O) groups is 1. The molecule has 0 saturated heterocycles. The summed E-state index contributed by atoms with van der Waals surface area (Å²) in [7, 11) is 0. The molecule has 0 bridgehead atoms. The minimum Gasteiger partial charge on any atom is -0.462 e. The molecule has 0 aliphatic carbocycles. The maximum atomic E-state index is 12.3. The van der Waals surface area contributed by atoms with Crippen molar-refractivity contribution in [2.45, 2.75) is 32.4 Å². The maximum absolute atomic E-state index is 12.3. The van der Waals surface area contributed by atoms with Crippen molar-refractivity contribution < 1.29 is 14.3 Å². The van der Waals surface area contributed by atoms with Crippen LogP contribution in [0.15, 0.2) is 40.8 Å².